The average molecular weight is 587 g/mol. The number of rotatable bonds is 8. The Morgan fingerprint density at radius 1 is 1.21 bits per heavy atom. The number of ether oxygens (including phenoxy) is 3. The highest BCUT2D eigenvalue weighted by Gasteiger charge is 2.23. The van der Waals surface area contributed by atoms with E-state index in [1.807, 2.05) is 29.8 Å². The van der Waals surface area contributed by atoms with Crippen molar-refractivity contribution >= 4 is 27.5 Å². The van der Waals surface area contributed by atoms with Crippen LogP contribution in [0.1, 0.15) is 24.4 Å². The molecular formula is C31H34N6O6. The molecule has 0 amide bonds. The maximum atomic E-state index is 13.0. The van der Waals surface area contributed by atoms with Crippen LogP contribution in [0.4, 0.5) is 5.69 Å². The molecule has 0 saturated carbocycles. The largest absolute Gasteiger partial charge is 0.494 e. The fourth-order valence-corrected chi connectivity index (χ4v) is 5.98. The number of aromatic hydroxyl groups is 1. The topological polar surface area (TPSA) is 150 Å². The van der Waals surface area contributed by atoms with Gasteiger partial charge in [0.05, 0.1) is 16.7 Å². The third-order valence-electron chi connectivity index (χ3n) is 8.39. The summed E-state index contributed by atoms with van der Waals surface area (Å²) in [6.45, 7) is 4.22. The van der Waals surface area contributed by atoms with Gasteiger partial charge in [-0.05, 0) is 70.2 Å². The smallest absolute Gasteiger partial charge is 0.261 e. The predicted octanol–water partition coefficient (Wildman–Crippen LogP) is 3.73. The molecule has 2 aliphatic heterocycles. The number of hydrogen-bond donors (Lipinski definition) is 5. The van der Waals surface area contributed by atoms with Gasteiger partial charge in [-0.1, -0.05) is 0 Å². The van der Waals surface area contributed by atoms with E-state index in [4.69, 9.17) is 19.2 Å². The van der Waals surface area contributed by atoms with E-state index in [9.17, 15) is 15.0 Å². The van der Waals surface area contributed by atoms with Crippen LogP contribution in [0.3, 0.4) is 0 Å². The molecule has 2 aliphatic rings. The van der Waals surface area contributed by atoms with Gasteiger partial charge < -0.3 is 49.2 Å². The van der Waals surface area contributed by atoms with Gasteiger partial charge in [0, 0.05) is 41.3 Å². The number of likely N-dealkylation sites (tertiary alicyclic amines) is 1. The Morgan fingerprint density at radius 2 is 2.05 bits per heavy atom. The van der Waals surface area contributed by atoms with Gasteiger partial charge in [0.1, 0.15) is 29.8 Å². The van der Waals surface area contributed by atoms with Crippen molar-refractivity contribution in [3.05, 3.63) is 58.6 Å². The van der Waals surface area contributed by atoms with E-state index in [1.54, 1.807) is 24.4 Å². The molecule has 0 spiro atoms. The number of nitrogens with zero attached hydrogens (tertiary/aromatic N) is 3. The number of anilines is 1. The first-order chi connectivity index (χ1) is 20.9. The highest BCUT2D eigenvalue weighted by atomic mass is 16.7. The van der Waals surface area contributed by atoms with Crippen molar-refractivity contribution in [2.75, 3.05) is 45.4 Å². The zero-order valence-electron chi connectivity index (χ0n) is 24.0. The number of aromatic nitrogens is 4. The lowest BCUT2D eigenvalue weighted by molar-refractivity contribution is 0.117. The van der Waals surface area contributed by atoms with Crippen LogP contribution in [0.5, 0.6) is 23.1 Å². The minimum atomic E-state index is -0.864. The predicted molar refractivity (Wildman–Crippen MR) is 162 cm³/mol. The highest BCUT2D eigenvalue weighted by Crippen LogP contribution is 2.40. The number of fused-ring (bicyclic) bond motifs is 3. The molecule has 5 heterocycles. The molecule has 0 bridgehead atoms. The van der Waals surface area contributed by atoms with Crippen molar-refractivity contribution in [2.45, 2.75) is 31.9 Å². The molecule has 224 valence electrons. The maximum Gasteiger partial charge on any atom is 0.261 e. The minimum Gasteiger partial charge on any atom is -0.494 e. The fraction of sp³-hybridized carbons (Fsp3) is 0.355. The summed E-state index contributed by atoms with van der Waals surface area (Å²) in [4.78, 5) is 26.0. The molecule has 1 fully saturated rings. The molecule has 0 unspecified atom stereocenters. The van der Waals surface area contributed by atoms with Crippen molar-refractivity contribution < 1.29 is 24.4 Å². The Kier molecular flexibility index (Phi) is 6.86. The lowest BCUT2D eigenvalue weighted by Gasteiger charge is -2.30. The zero-order valence-corrected chi connectivity index (χ0v) is 24.0. The van der Waals surface area contributed by atoms with Gasteiger partial charge in [0.15, 0.2) is 17.4 Å². The van der Waals surface area contributed by atoms with Gasteiger partial charge in [-0.15, -0.1) is 0 Å². The average Bonchev–Trinajstić information content (AvgIpc) is 3.72. The molecule has 1 atom stereocenters. The number of aliphatic hydroxyl groups excluding tert-OH is 1. The van der Waals surface area contributed by atoms with Gasteiger partial charge in [-0.25, -0.2) is 4.98 Å². The first-order valence-corrected chi connectivity index (χ1v) is 14.4. The van der Waals surface area contributed by atoms with E-state index in [-0.39, 0.29) is 37.4 Å². The molecule has 0 radical (unpaired) electrons. The Morgan fingerprint density at radius 3 is 2.88 bits per heavy atom. The Labute approximate surface area is 246 Å². The second-order valence-corrected chi connectivity index (χ2v) is 11.3. The molecule has 5 aromatic rings. The van der Waals surface area contributed by atoms with Gasteiger partial charge in [0.25, 0.3) is 5.56 Å². The van der Waals surface area contributed by atoms with Crippen LogP contribution in [0, 0.1) is 6.92 Å². The van der Waals surface area contributed by atoms with Gasteiger partial charge in [-0.2, -0.15) is 0 Å². The van der Waals surface area contributed by atoms with Crippen LogP contribution in [-0.2, 0) is 0 Å². The standard InChI is InChI=1S/C31H34N6O6/c1-17-25(3-4-26-28(17)43-16-42-26)41-15-20(38)13-33-22-5-8-32-30(39)27(22)29-34-23-11-18-14-37(19-6-9-36(2)10-7-19)31(40)21(18)12-24(23)35-29/h3-5,8,11-12,14,19-20,38,40H,6-7,9-10,13,15-16H2,1-2H3,(H,34,35)(H2,32,33,39)/t20-/m1/s1. The Bertz CT molecular complexity index is 1870. The SMILES string of the molecule is Cc1c(OC[C@H](O)CNc2cc[nH]c(=O)c2-c2nc3cc4c(O)n(C5CCN(C)CC5)cc4cc3[nH]2)ccc2c1OCO2. The van der Waals surface area contributed by atoms with Crippen molar-refractivity contribution in [3.8, 4) is 34.5 Å². The zero-order chi connectivity index (χ0) is 29.7. The summed E-state index contributed by atoms with van der Waals surface area (Å²) >= 11 is 0. The first-order valence-electron chi connectivity index (χ1n) is 14.4. The molecule has 2 aromatic carbocycles. The van der Waals surface area contributed by atoms with Gasteiger partial charge in [-0.3, -0.25) is 4.79 Å². The van der Waals surface area contributed by atoms with Crippen LogP contribution in [0.15, 0.2) is 47.5 Å². The quantitative estimate of drug-likeness (QED) is 0.183. The minimum absolute atomic E-state index is 0.0350. The highest BCUT2D eigenvalue weighted by molar-refractivity contribution is 5.99. The summed E-state index contributed by atoms with van der Waals surface area (Å²) in [5, 5.41) is 26.5. The summed E-state index contributed by atoms with van der Waals surface area (Å²) in [5.41, 5.74) is 2.71. The number of piperidine rings is 1. The van der Waals surface area contributed by atoms with Crippen LogP contribution < -0.4 is 25.1 Å². The molecule has 0 aliphatic carbocycles. The number of aliphatic hydroxyl groups is 1. The Hall–Kier alpha value is -4.68. The third-order valence-corrected chi connectivity index (χ3v) is 8.39. The molecule has 3 aromatic heterocycles. The number of hydrogen-bond acceptors (Lipinski definition) is 9. The first kappa shape index (κ1) is 27.2. The van der Waals surface area contributed by atoms with E-state index >= 15 is 0 Å². The number of H-pyrrole nitrogens is 2. The summed E-state index contributed by atoms with van der Waals surface area (Å²) in [6.07, 6.45) is 4.64. The third kappa shape index (κ3) is 5.02. The van der Waals surface area contributed by atoms with E-state index < -0.39 is 6.10 Å². The number of pyridine rings is 1. The molecule has 43 heavy (non-hydrogen) atoms. The van der Waals surface area contributed by atoms with E-state index in [2.05, 4.69) is 27.2 Å². The molecule has 7 rings (SSSR count). The van der Waals surface area contributed by atoms with Crippen LogP contribution in [0.25, 0.3) is 33.2 Å². The van der Waals surface area contributed by atoms with Crippen LogP contribution in [-0.4, -0.2) is 80.8 Å². The van der Waals surface area contributed by atoms with Crippen molar-refractivity contribution in [1.82, 2.24) is 24.4 Å². The summed E-state index contributed by atoms with van der Waals surface area (Å²) in [5.74, 6) is 2.55. The van der Waals surface area contributed by atoms with Gasteiger partial charge >= 0.3 is 0 Å². The van der Waals surface area contributed by atoms with Gasteiger partial charge in [0.2, 0.25) is 6.79 Å². The van der Waals surface area contributed by atoms with E-state index in [0.717, 1.165) is 47.8 Å². The van der Waals surface area contributed by atoms with Crippen molar-refractivity contribution in [1.29, 1.82) is 0 Å². The number of nitrogens with one attached hydrogen (secondary N) is 3. The summed E-state index contributed by atoms with van der Waals surface area (Å²) in [6, 6.07) is 9.36. The van der Waals surface area contributed by atoms with Crippen LogP contribution in [0.2, 0.25) is 0 Å². The van der Waals surface area contributed by atoms with Crippen molar-refractivity contribution in [2.24, 2.45) is 0 Å². The molecule has 12 heteroatoms. The number of imidazole rings is 1. The second kappa shape index (κ2) is 10.9. The maximum absolute atomic E-state index is 13.0. The second-order valence-electron chi connectivity index (χ2n) is 11.3. The fourth-order valence-electron chi connectivity index (χ4n) is 5.98. The lowest BCUT2D eigenvalue weighted by atomic mass is 10.1. The lowest BCUT2D eigenvalue weighted by Crippen LogP contribution is -2.31. The van der Waals surface area contributed by atoms with E-state index in [1.165, 1.54) is 0 Å². The monoisotopic (exact) mass is 586 g/mol. The molecule has 1 saturated heterocycles. The summed E-state index contributed by atoms with van der Waals surface area (Å²) in [7, 11) is 2.12. The number of benzene rings is 2. The Balaban J connectivity index is 1.09. The molecule has 5 N–H and O–H groups in total. The molecular weight excluding hydrogens is 552 g/mol. The summed E-state index contributed by atoms with van der Waals surface area (Å²) < 4.78 is 18.7. The number of aromatic amines is 2. The normalized spacial score (nSPS) is 16.3. The van der Waals surface area contributed by atoms with Crippen molar-refractivity contribution in [3.63, 3.8) is 0 Å². The van der Waals surface area contributed by atoms with Crippen LogP contribution >= 0.6 is 0 Å². The van der Waals surface area contributed by atoms with E-state index in [0.29, 0.717) is 39.8 Å². The molecule has 12 nitrogen and oxygen atoms in total.